The summed E-state index contributed by atoms with van der Waals surface area (Å²) in [6.07, 6.45) is -1.18. The van der Waals surface area contributed by atoms with Gasteiger partial charge >= 0.3 is 189 Å². The van der Waals surface area contributed by atoms with Gasteiger partial charge in [0.05, 0.1) is 0 Å². The van der Waals surface area contributed by atoms with Gasteiger partial charge < -0.3 is 10.1 Å². The Balaban J connectivity index is 1.52. The fourth-order valence-electron chi connectivity index (χ4n) is 3.83. The zero-order chi connectivity index (χ0) is 28.8. The molecule has 40 heavy (non-hydrogen) atoms. The molecule has 2 aromatic heterocycles. The number of pyridine rings is 1. The SMILES string of the molecule is CCS(=O)(=O)[AsH]c1ncccc1CNc1nc(Nc2cccc(C(=O)NC3CCOCC3)c2)ncc1C(F)(F)F. The summed E-state index contributed by atoms with van der Waals surface area (Å²) in [4.78, 5) is 24.7. The Morgan fingerprint density at radius 3 is 2.65 bits per heavy atom. The minimum absolute atomic E-state index is 0.00885. The Labute approximate surface area is 235 Å². The molecule has 1 atom stereocenters. The van der Waals surface area contributed by atoms with Gasteiger partial charge in [-0.15, -0.1) is 0 Å². The van der Waals surface area contributed by atoms with Crippen LogP contribution in [-0.2, 0) is 25.6 Å². The molecule has 3 aromatic rings. The van der Waals surface area contributed by atoms with E-state index < -0.39 is 40.3 Å². The average Bonchev–Trinajstić information content (AvgIpc) is 2.92. The Hall–Kier alpha value is -3.22. The molecule has 1 aliphatic rings. The van der Waals surface area contributed by atoms with Gasteiger partial charge in [-0.3, -0.25) is 4.79 Å². The van der Waals surface area contributed by atoms with E-state index in [1.807, 2.05) is 0 Å². The topological polar surface area (TPSA) is 135 Å². The Morgan fingerprint density at radius 1 is 1.15 bits per heavy atom. The molecule has 4 rings (SSSR count). The fourth-order valence-corrected chi connectivity index (χ4v) is 8.89. The first kappa shape index (κ1) is 29.8. The zero-order valence-corrected chi connectivity index (χ0v) is 24.4. The Morgan fingerprint density at radius 2 is 1.93 bits per heavy atom. The maximum absolute atomic E-state index is 13.7. The molecule has 15 heteroatoms. The van der Waals surface area contributed by atoms with Crippen LogP contribution in [0.25, 0.3) is 0 Å². The predicted molar refractivity (Wildman–Crippen MR) is 146 cm³/mol. The number of ether oxygens (including phenoxy) is 1. The summed E-state index contributed by atoms with van der Waals surface area (Å²) in [7, 11) is -3.28. The van der Waals surface area contributed by atoms with E-state index in [-0.39, 0.29) is 30.2 Å². The van der Waals surface area contributed by atoms with Gasteiger partial charge in [0.15, 0.2) is 0 Å². The molecule has 1 saturated heterocycles. The number of amides is 1. The van der Waals surface area contributed by atoms with Gasteiger partial charge in [-0.2, -0.15) is 0 Å². The molecule has 10 nitrogen and oxygen atoms in total. The fraction of sp³-hybridized carbons (Fsp3) is 0.360. The predicted octanol–water partition coefficient (Wildman–Crippen LogP) is 2.57. The number of alkyl halides is 3. The number of carbonyl (C=O) groups excluding carboxylic acids is 1. The van der Waals surface area contributed by atoms with Gasteiger partial charge in [-0.1, -0.05) is 0 Å². The Bertz CT molecular complexity index is 1450. The molecule has 1 amide bonds. The van der Waals surface area contributed by atoms with E-state index in [0.717, 1.165) is 12.8 Å². The van der Waals surface area contributed by atoms with Crippen LogP contribution in [0.5, 0.6) is 0 Å². The van der Waals surface area contributed by atoms with E-state index >= 15 is 0 Å². The third kappa shape index (κ3) is 8.15. The van der Waals surface area contributed by atoms with Crippen LogP contribution in [0, 0.1) is 0 Å². The summed E-state index contributed by atoms with van der Waals surface area (Å²) in [6, 6.07) is 9.69. The quantitative estimate of drug-likeness (QED) is 0.286. The number of carbonyl (C=O) groups is 1. The molecule has 1 aromatic carbocycles. The molecule has 0 radical (unpaired) electrons. The third-order valence-electron chi connectivity index (χ3n) is 6.00. The van der Waals surface area contributed by atoms with Crippen molar-refractivity contribution in [3.63, 3.8) is 0 Å². The van der Waals surface area contributed by atoms with Crippen molar-refractivity contribution in [1.82, 2.24) is 20.3 Å². The van der Waals surface area contributed by atoms with Crippen molar-refractivity contribution in [2.24, 2.45) is 0 Å². The number of aromatic nitrogens is 3. The van der Waals surface area contributed by atoms with Crippen LogP contribution in [-0.4, -0.2) is 68.9 Å². The minimum atomic E-state index is -4.74. The van der Waals surface area contributed by atoms with Crippen molar-refractivity contribution in [3.8, 4) is 0 Å². The first-order valence-corrected chi connectivity index (χ1v) is 17.7. The average molecular weight is 641 g/mol. The third-order valence-corrected chi connectivity index (χ3v) is 13.2. The van der Waals surface area contributed by atoms with Crippen LogP contribution in [0.3, 0.4) is 0 Å². The number of nitrogens with zero attached hydrogens (tertiary/aromatic N) is 3. The van der Waals surface area contributed by atoms with E-state index in [1.165, 1.54) is 6.20 Å². The second-order valence-corrected chi connectivity index (χ2v) is 17.1. The maximum atomic E-state index is 13.7. The summed E-state index contributed by atoms with van der Waals surface area (Å²) in [5.74, 6) is -0.905. The van der Waals surface area contributed by atoms with Crippen molar-refractivity contribution in [2.75, 3.05) is 29.6 Å². The van der Waals surface area contributed by atoms with Crippen molar-refractivity contribution >= 4 is 50.5 Å². The van der Waals surface area contributed by atoms with Crippen LogP contribution >= 0.6 is 0 Å². The van der Waals surface area contributed by atoms with E-state index in [9.17, 15) is 26.4 Å². The van der Waals surface area contributed by atoms with Crippen LogP contribution < -0.4 is 20.4 Å². The van der Waals surface area contributed by atoms with Gasteiger partial charge in [-0.05, 0) is 12.8 Å². The van der Waals surface area contributed by atoms with Gasteiger partial charge in [0.25, 0.3) is 0 Å². The normalized spacial score (nSPS) is 14.8. The summed E-state index contributed by atoms with van der Waals surface area (Å²) < 4.78 is 71.2. The first-order chi connectivity index (χ1) is 19.0. The van der Waals surface area contributed by atoms with Crippen LogP contribution in [0.1, 0.15) is 41.3 Å². The molecule has 0 aliphatic carbocycles. The number of halogens is 3. The van der Waals surface area contributed by atoms with Gasteiger partial charge in [0.1, 0.15) is 0 Å². The second kappa shape index (κ2) is 13.0. The van der Waals surface area contributed by atoms with Gasteiger partial charge in [-0.25, -0.2) is 0 Å². The van der Waals surface area contributed by atoms with Gasteiger partial charge in [0.2, 0.25) is 0 Å². The molecule has 1 aliphatic heterocycles. The van der Waals surface area contributed by atoms with Crippen LogP contribution in [0.15, 0.2) is 48.8 Å². The van der Waals surface area contributed by atoms with Gasteiger partial charge in [0, 0.05) is 19.3 Å². The Kier molecular flexibility index (Phi) is 9.64. The van der Waals surface area contributed by atoms with Crippen molar-refractivity contribution in [2.45, 2.75) is 38.5 Å². The van der Waals surface area contributed by atoms with E-state index in [0.29, 0.717) is 40.7 Å². The molecule has 0 bridgehead atoms. The molecular formula is C25H28AsF3N6O4S. The summed E-state index contributed by atoms with van der Waals surface area (Å²) in [6.45, 7) is 2.58. The molecule has 0 spiro atoms. The number of hydrogen-bond acceptors (Lipinski definition) is 9. The molecule has 3 heterocycles. The number of rotatable bonds is 10. The molecule has 1 unspecified atom stereocenters. The molecule has 3 N–H and O–H groups in total. The molecular weight excluding hydrogens is 612 g/mol. The summed E-state index contributed by atoms with van der Waals surface area (Å²) in [5, 5.41) is 8.50. The van der Waals surface area contributed by atoms with Crippen molar-refractivity contribution in [3.05, 3.63) is 65.5 Å². The van der Waals surface area contributed by atoms with Crippen LogP contribution in [0.2, 0.25) is 0 Å². The number of anilines is 3. The molecule has 0 saturated carbocycles. The zero-order valence-electron chi connectivity index (χ0n) is 21.5. The van der Waals surface area contributed by atoms with Crippen LogP contribution in [0.4, 0.5) is 30.6 Å². The van der Waals surface area contributed by atoms with E-state index in [2.05, 4.69) is 30.9 Å². The summed E-state index contributed by atoms with van der Waals surface area (Å²) in [5.41, 5.74) is 0.181. The standard InChI is InChI=1S/C25H28AsF3N6O4S/c1-2-40(37,38)26-21-17(6-4-10-30-21)14-31-22-20(25(27,28)29)15-32-24(35-22)34-19-7-3-5-16(13-19)23(36)33-18-8-11-39-12-9-18/h3-7,10,13,15,18,26H,2,8-9,11-12,14H2,1H3,(H,33,36)(H2,31,32,34,35). The van der Waals surface area contributed by atoms with Crippen molar-refractivity contribution < 1.29 is 31.1 Å². The monoisotopic (exact) mass is 640 g/mol. The van der Waals surface area contributed by atoms with Crippen molar-refractivity contribution in [1.29, 1.82) is 0 Å². The number of hydrogen-bond donors (Lipinski definition) is 3. The molecule has 1 fully saturated rings. The number of benzene rings is 1. The number of nitrogens with one attached hydrogen (secondary N) is 3. The summed E-state index contributed by atoms with van der Waals surface area (Å²) >= 11 is -1.65. The van der Waals surface area contributed by atoms with E-state index in [4.69, 9.17) is 4.74 Å². The second-order valence-electron chi connectivity index (χ2n) is 8.89. The molecule has 214 valence electrons. The van der Waals surface area contributed by atoms with E-state index in [1.54, 1.807) is 43.3 Å². The first-order valence-electron chi connectivity index (χ1n) is 12.4.